The lowest BCUT2D eigenvalue weighted by molar-refractivity contribution is -0.135. The van der Waals surface area contributed by atoms with Gasteiger partial charge in [0.2, 0.25) is 5.91 Å². The number of halogens is 1. The predicted octanol–water partition coefficient (Wildman–Crippen LogP) is 1.12. The average molecular weight is 251 g/mol. The van der Waals surface area contributed by atoms with E-state index in [4.69, 9.17) is 5.73 Å². The SMILES string of the molecule is CC1(C)C(=O)NCCN1Cc1cccc(N)c1F. The fraction of sp³-hybridized carbons (Fsp3) is 0.462. The van der Waals surface area contributed by atoms with Gasteiger partial charge in [-0.3, -0.25) is 9.69 Å². The Hall–Kier alpha value is -1.62. The van der Waals surface area contributed by atoms with Crippen LogP contribution in [-0.2, 0) is 11.3 Å². The molecule has 0 spiro atoms. The molecule has 5 heteroatoms. The lowest BCUT2D eigenvalue weighted by Crippen LogP contribution is -2.61. The van der Waals surface area contributed by atoms with E-state index in [-0.39, 0.29) is 17.4 Å². The quantitative estimate of drug-likeness (QED) is 0.774. The van der Waals surface area contributed by atoms with Gasteiger partial charge in [0.25, 0.3) is 0 Å². The Kier molecular flexibility index (Phi) is 3.26. The van der Waals surface area contributed by atoms with Gasteiger partial charge in [0, 0.05) is 25.2 Å². The molecule has 0 saturated carbocycles. The van der Waals surface area contributed by atoms with Gasteiger partial charge in [0.05, 0.1) is 11.2 Å². The molecule has 1 heterocycles. The van der Waals surface area contributed by atoms with Crippen molar-refractivity contribution in [1.82, 2.24) is 10.2 Å². The maximum Gasteiger partial charge on any atom is 0.240 e. The summed E-state index contributed by atoms with van der Waals surface area (Å²) in [6.07, 6.45) is 0. The number of nitrogens with zero attached hydrogens (tertiary/aromatic N) is 1. The molecule has 3 N–H and O–H groups in total. The summed E-state index contributed by atoms with van der Waals surface area (Å²) < 4.78 is 13.9. The van der Waals surface area contributed by atoms with Gasteiger partial charge in [-0.2, -0.15) is 0 Å². The second kappa shape index (κ2) is 4.57. The third kappa shape index (κ3) is 2.18. The lowest BCUT2D eigenvalue weighted by Gasteiger charge is -2.41. The van der Waals surface area contributed by atoms with Gasteiger partial charge in [-0.25, -0.2) is 4.39 Å². The highest BCUT2D eigenvalue weighted by Gasteiger charge is 2.37. The van der Waals surface area contributed by atoms with Crippen molar-refractivity contribution in [2.45, 2.75) is 25.9 Å². The zero-order valence-corrected chi connectivity index (χ0v) is 10.7. The van der Waals surface area contributed by atoms with E-state index in [2.05, 4.69) is 5.32 Å². The first-order chi connectivity index (χ1) is 8.43. The van der Waals surface area contributed by atoms with Crippen molar-refractivity contribution in [3.63, 3.8) is 0 Å². The Morgan fingerprint density at radius 3 is 2.94 bits per heavy atom. The molecule has 0 aromatic heterocycles. The van der Waals surface area contributed by atoms with Crippen LogP contribution in [0.25, 0.3) is 0 Å². The molecule has 1 aliphatic rings. The minimum atomic E-state index is -0.630. The molecule has 1 aromatic carbocycles. The zero-order chi connectivity index (χ0) is 13.3. The molecule has 0 aliphatic carbocycles. The molecule has 0 bridgehead atoms. The normalized spacial score (nSPS) is 19.6. The molecule has 1 saturated heterocycles. The highest BCUT2D eigenvalue weighted by molar-refractivity contribution is 5.86. The van der Waals surface area contributed by atoms with E-state index in [0.717, 1.165) is 0 Å². The third-order valence-corrected chi connectivity index (χ3v) is 3.48. The van der Waals surface area contributed by atoms with Crippen LogP contribution in [0.4, 0.5) is 10.1 Å². The van der Waals surface area contributed by atoms with Crippen LogP contribution in [0.3, 0.4) is 0 Å². The number of anilines is 1. The summed E-state index contributed by atoms with van der Waals surface area (Å²) in [6, 6.07) is 4.96. The molecule has 0 radical (unpaired) electrons. The summed E-state index contributed by atoms with van der Waals surface area (Å²) in [5.41, 5.74) is 5.59. The van der Waals surface area contributed by atoms with Crippen LogP contribution in [0.15, 0.2) is 18.2 Å². The number of nitrogen functional groups attached to an aromatic ring is 1. The minimum Gasteiger partial charge on any atom is -0.396 e. The summed E-state index contributed by atoms with van der Waals surface area (Å²) in [5, 5.41) is 2.81. The van der Waals surface area contributed by atoms with Crippen molar-refractivity contribution in [1.29, 1.82) is 0 Å². The number of carbonyl (C=O) groups is 1. The van der Waals surface area contributed by atoms with E-state index >= 15 is 0 Å². The van der Waals surface area contributed by atoms with Crippen molar-refractivity contribution >= 4 is 11.6 Å². The van der Waals surface area contributed by atoms with Crippen molar-refractivity contribution in [3.05, 3.63) is 29.6 Å². The van der Waals surface area contributed by atoms with E-state index in [1.54, 1.807) is 12.1 Å². The number of rotatable bonds is 2. The molecule has 4 nitrogen and oxygen atoms in total. The predicted molar refractivity (Wildman–Crippen MR) is 68.3 cm³/mol. The number of nitrogens with one attached hydrogen (secondary N) is 1. The number of carbonyl (C=O) groups excluding carboxylic acids is 1. The standard InChI is InChI=1S/C13H18FN3O/c1-13(2)12(18)16-6-7-17(13)8-9-4-3-5-10(15)11(9)14/h3-5H,6-8,15H2,1-2H3,(H,16,18). The largest absolute Gasteiger partial charge is 0.396 e. The molecule has 0 unspecified atom stereocenters. The van der Waals surface area contributed by atoms with Crippen LogP contribution >= 0.6 is 0 Å². The van der Waals surface area contributed by atoms with E-state index in [1.165, 1.54) is 6.07 Å². The lowest BCUT2D eigenvalue weighted by atomic mass is 9.98. The smallest absolute Gasteiger partial charge is 0.240 e. The van der Waals surface area contributed by atoms with Gasteiger partial charge in [-0.1, -0.05) is 12.1 Å². The third-order valence-electron chi connectivity index (χ3n) is 3.48. The Labute approximate surface area is 106 Å². The zero-order valence-electron chi connectivity index (χ0n) is 10.7. The molecule has 1 amide bonds. The minimum absolute atomic E-state index is 0.0296. The van der Waals surface area contributed by atoms with Gasteiger partial charge in [-0.15, -0.1) is 0 Å². The van der Waals surface area contributed by atoms with Gasteiger partial charge >= 0.3 is 0 Å². The molecule has 1 aromatic rings. The highest BCUT2D eigenvalue weighted by Crippen LogP contribution is 2.23. The first kappa shape index (κ1) is 12.8. The summed E-state index contributed by atoms with van der Waals surface area (Å²) in [4.78, 5) is 13.8. The van der Waals surface area contributed by atoms with E-state index in [9.17, 15) is 9.18 Å². The first-order valence-electron chi connectivity index (χ1n) is 5.99. The Balaban J connectivity index is 2.23. The molecule has 2 rings (SSSR count). The summed E-state index contributed by atoms with van der Waals surface area (Å²) in [6.45, 7) is 5.36. The van der Waals surface area contributed by atoms with Gasteiger partial charge < -0.3 is 11.1 Å². The molecular weight excluding hydrogens is 233 g/mol. The summed E-state index contributed by atoms with van der Waals surface area (Å²) in [7, 11) is 0. The molecular formula is C13H18FN3O. The van der Waals surface area contributed by atoms with Crippen LogP contribution in [0, 0.1) is 5.82 Å². The van der Waals surface area contributed by atoms with Gasteiger partial charge in [-0.05, 0) is 19.9 Å². The van der Waals surface area contributed by atoms with Crippen LogP contribution in [0.5, 0.6) is 0 Å². The van der Waals surface area contributed by atoms with Crippen molar-refractivity contribution in [2.24, 2.45) is 0 Å². The van der Waals surface area contributed by atoms with Crippen molar-refractivity contribution in [2.75, 3.05) is 18.8 Å². The number of benzene rings is 1. The van der Waals surface area contributed by atoms with Crippen molar-refractivity contribution in [3.8, 4) is 0 Å². The monoisotopic (exact) mass is 251 g/mol. The van der Waals surface area contributed by atoms with Gasteiger partial charge in [0.1, 0.15) is 0 Å². The maximum absolute atomic E-state index is 13.9. The van der Waals surface area contributed by atoms with E-state index in [1.807, 2.05) is 18.7 Å². The topological polar surface area (TPSA) is 58.4 Å². The molecule has 18 heavy (non-hydrogen) atoms. The first-order valence-corrected chi connectivity index (χ1v) is 5.99. The van der Waals surface area contributed by atoms with Crippen LogP contribution in [0.2, 0.25) is 0 Å². The fourth-order valence-electron chi connectivity index (χ4n) is 2.15. The van der Waals surface area contributed by atoms with Crippen LogP contribution in [-0.4, -0.2) is 29.4 Å². The molecule has 1 aliphatic heterocycles. The van der Waals surface area contributed by atoms with Crippen molar-refractivity contribution < 1.29 is 9.18 Å². The number of piperazine rings is 1. The maximum atomic E-state index is 13.9. The average Bonchev–Trinajstić information content (AvgIpc) is 2.31. The Bertz CT molecular complexity index is 473. The second-order valence-electron chi connectivity index (χ2n) is 5.06. The second-order valence-corrected chi connectivity index (χ2v) is 5.06. The van der Waals surface area contributed by atoms with Gasteiger partial charge in [0.15, 0.2) is 5.82 Å². The van der Waals surface area contributed by atoms with Crippen LogP contribution in [0.1, 0.15) is 19.4 Å². The highest BCUT2D eigenvalue weighted by atomic mass is 19.1. The van der Waals surface area contributed by atoms with E-state index < -0.39 is 5.54 Å². The Morgan fingerprint density at radius 1 is 1.50 bits per heavy atom. The number of nitrogens with two attached hydrogens (primary N) is 1. The molecule has 98 valence electrons. The molecule has 0 atom stereocenters. The van der Waals surface area contributed by atoms with Crippen LogP contribution < -0.4 is 11.1 Å². The summed E-state index contributed by atoms with van der Waals surface area (Å²) in [5.74, 6) is -0.419. The fourth-order valence-corrected chi connectivity index (χ4v) is 2.15. The van der Waals surface area contributed by atoms with E-state index in [0.29, 0.717) is 25.2 Å². The number of hydrogen-bond donors (Lipinski definition) is 2. The Morgan fingerprint density at radius 2 is 2.22 bits per heavy atom. The summed E-state index contributed by atoms with van der Waals surface area (Å²) >= 11 is 0. The number of hydrogen-bond acceptors (Lipinski definition) is 3. The molecule has 1 fully saturated rings. The number of amides is 1.